The van der Waals surface area contributed by atoms with Crippen molar-refractivity contribution in [2.75, 3.05) is 0 Å². The molecule has 0 N–H and O–H groups in total. The van der Waals surface area contributed by atoms with Crippen LogP contribution in [0.25, 0.3) is 32.7 Å². The lowest BCUT2D eigenvalue weighted by Gasteiger charge is -2.08. The maximum Gasteiger partial charge on any atom is 0.136 e. The van der Waals surface area contributed by atoms with Crippen LogP contribution < -0.4 is 0 Å². The van der Waals surface area contributed by atoms with Gasteiger partial charge >= 0.3 is 0 Å². The Kier molecular flexibility index (Phi) is 4.11. The summed E-state index contributed by atoms with van der Waals surface area (Å²) in [5.74, 6) is 2.08. The van der Waals surface area contributed by atoms with E-state index in [9.17, 15) is 0 Å². The molecule has 2 heterocycles. The summed E-state index contributed by atoms with van der Waals surface area (Å²) < 4.78 is 7.62. The summed E-state index contributed by atoms with van der Waals surface area (Å²) in [6.07, 6.45) is 12.9. The van der Waals surface area contributed by atoms with Crippen molar-refractivity contribution in [1.29, 1.82) is 0 Å². The lowest BCUT2D eigenvalue weighted by atomic mass is 9.99. The Labute approximate surface area is 162 Å². The lowest BCUT2D eigenvalue weighted by Crippen LogP contribution is -1.89. The molecule has 5 rings (SSSR count). The number of fused-ring (bicyclic) bond motifs is 1. The zero-order valence-corrected chi connectivity index (χ0v) is 15.5. The fraction of sp³-hybridized carbons (Fsp3) is 0.0400. The molecule has 0 amide bonds. The van der Waals surface area contributed by atoms with Gasteiger partial charge in [0, 0.05) is 32.0 Å². The quantitative estimate of drug-likeness (QED) is 0.364. The normalized spacial score (nSPS) is 14.1. The van der Waals surface area contributed by atoms with Crippen molar-refractivity contribution >= 4 is 21.4 Å². The van der Waals surface area contributed by atoms with Crippen LogP contribution in [0.2, 0.25) is 0 Å². The van der Waals surface area contributed by atoms with E-state index >= 15 is 0 Å². The maximum absolute atomic E-state index is 6.33. The zero-order valence-electron chi connectivity index (χ0n) is 14.7. The first-order valence-electron chi connectivity index (χ1n) is 9.09. The molecule has 2 aromatic carbocycles. The predicted molar refractivity (Wildman–Crippen MR) is 115 cm³/mol. The number of furan rings is 1. The molecule has 0 spiro atoms. The second-order valence-corrected chi connectivity index (χ2v) is 7.63. The van der Waals surface area contributed by atoms with E-state index in [0.717, 1.165) is 17.1 Å². The highest BCUT2D eigenvalue weighted by atomic mass is 32.1. The molecule has 1 nitrogen and oxygen atoms in total. The Morgan fingerprint density at radius 2 is 1.37 bits per heavy atom. The summed E-state index contributed by atoms with van der Waals surface area (Å²) in [5.41, 5.74) is 2.31. The van der Waals surface area contributed by atoms with Crippen LogP contribution in [0, 0.1) is 0 Å². The van der Waals surface area contributed by atoms with E-state index in [1.807, 2.05) is 29.5 Å². The van der Waals surface area contributed by atoms with Crippen molar-refractivity contribution in [3.63, 3.8) is 0 Å². The van der Waals surface area contributed by atoms with Gasteiger partial charge in [0.05, 0.1) is 0 Å². The van der Waals surface area contributed by atoms with Crippen LogP contribution >= 0.6 is 11.3 Å². The third-order valence-corrected chi connectivity index (χ3v) is 6.08. The van der Waals surface area contributed by atoms with Crippen LogP contribution in [0.5, 0.6) is 0 Å². The van der Waals surface area contributed by atoms with Crippen molar-refractivity contribution in [3.8, 4) is 22.6 Å². The second kappa shape index (κ2) is 6.90. The third kappa shape index (κ3) is 2.98. The van der Waals surface area contributed by atoms with Gasteiger partial charge in [-0.1, -0.05) is 85.0 Å². The summed E-state index contributed by atoms with van der Waals surface area (Å²) in [6, 6.07) is 23.0. The summed E-state index contributed by atoms with van der Waals surface area (Å²) in [5, 5.41) is 1.26. The van der Waals surface area contributed by atoms with Gasteiger partial charge in [-0.25, -0.2) is 0 Å². The Hall–Kier alpha value is -3.10. The molecule has 0 saturated carbocycles. The summed E-state index contributed by atoms with van der Waals surface area (Å²) >= 11 is 1.85. The lowest BCUT2D eigenvalue weighted by molar-refractivity contribution is 0.597. The van der Waals surface area contributed by atoms with Crippen molar-refractivity contribution in [2.45, 2.75) is 5.92 Å². The molecule has 27 heavy (non-hydrogen) atoms. The minimum atomic E-state index is 0.248. The van der Waals surface area contributed by atoms with E-state index in [1.54, 1.807) is 0 Å². The minimum Gasteiger partial charge on any atom is -0.456 e. The zero-order chi connectivity index (χ0) is 18.1. The molecule has 2 aromatic heterocycles. The second-order valence-electron chi connectivity index (χ2n) is 6.55. The number of hydrogen-bond acceptors (Lipinski definition) is 2. The average molecular weight is 366 g/mol. The number of thiophene rings is 1. The molecule has 0 atom stereocenters. The van der Waals surface area contributed by atoms with E-state index < -0.39 is 0 Å². The molecular formula is C25H18OS. The standard InChI is InChI=1S/C25H18OS/c1-2-5-13-19(12-4-1)25-24(20-14-8-9-15-23(20)27-25)22-17-16-21(26-22)18-10-6-3-7-11-18/h1-17,19H. The highest BCUT2D eigenvalue weighted by molar-refractivity contribution is 7.19. The highest BCUT2D eigenvalue weighted by Gasteiger charge is 2.21. The van der Waals surface area contributed by atoms with Crippen molar-refractivity contribution in [3.05, 3.63) is 108 Å². The van der Waals surface area contributed by atoms with Crippen LogP contribution in [-0.2, 0) is 0 Å². The summed E-state index contributed by atoms with van der Waals surface area (Å²) in [4.78, 5) is 1.32. The maximum atomic E-state index is 6.33. The Morgan fingerprint density at radius 1 is 0.667 bits per heavy atom. The largest absolute Gasteiger partial charge is 0.456 e. The van der Waals surface area contributed by atoms with Crippen molar-refractivity contribution in [1.82, 2.24) is 0 Å². The van der Waals surface area contributed by atoms with E-state index in [2.05, 4.69) is 85.0 Å². The van der Waals surface area contributed by atoms with Gasteiger partial charge in [0.2, 0.25) is 0 Å². The van der Waals surface area contributed by atoms with E-state index in [0.29, 0.717) is 0 Å². The van der Waals surface area contributed by atoms with Gasteiger partial charge in [-0.2, -0.15) is 0 Å². The molecule has 0 aliphatic heterocycles. The Balaban J connectivity index is 1.68. The highest BCUT2D eigenvalue weighted by Crippen LogP contribution is 2.44. The van der Waals surface area contributed by atoms with Crippen LogP contribution in [0.3, 0.4) is 0 Å². The number of rotatable bonds is 3. The fourth-order valence-corrected chi connectivity index (χ4v) is 4.79. The first kappa shape index (κ1) is 16.1. The van der Waals surface area contributed by atoms with Gasteiger partial charge in [-0.3, -0.25) is 0 Å². The van der Waals surface area contributed by atoms with Gasteiger partial charge in [0.15, 0.2) is 0 Å². The predicted octanol–water partition coefficient (Wildman–Crippen LogP) is 7.59. The van der Waals surface area contributed by atoms with Crippen LogP contribution in [-0.4, -0.2) is 0 Å². The summed E-state index contributed by atoms with van der Waals surface area (Å²) in [6.45, 7) is 0. The van der Waals surface area contributed by atoms with Crippen LogP contribution in [0.15, 0.2) is 108 Å². The van der Waals surface area contributed by atoms with Crippen molar-refractivity contribution in [2.24, 2.45) is 0 Å². The van der Waals surface area contributed by atoms with E-state index in [4.69, 9.17) is 4.42 Å². The smallest absolute Gasteiger partial charge is 0.136 e. The van der Waals surface area contributed by atoms with E-state index in [1.165, 1.54) is 20.5 Å². The van der Waals surface area contributed by atoms with E-state index in [-0.39, 0.29) is 5.92 Å². The van der Waals surface area contributed by atoms with Gasteiger partial charge in [-0.05, 0) is 18.2 Å². The molecule has 0 saturated heterocycles. The molecular weight excluding hydrogens is 348 g/mol. The van der Waals surface area contributed by atoms with Crippen LogP contribution in [0.1, 0.15) is 10.8 Å². The summed E-state index contributed by atoms with van der Waals surface area (Å²) in [7, 11) is 0. The first-order chi connectivity index (χ1) is 13.4. The molecule has 1 aliphatic carbocycles. The molecule has 0 bridgehead atoms. The van der Waals surface area contributed by atoms with Gasteiger partial charge in [0.1, 0.15) is 11.5 Å². The fourth-order valence-electron chi connectivity index (χ4n) is 3.52. The molecule has 2 heteroatoms. The van der Waals surface area contributed by atoms with Gasteiger partial charge in [0.25, 0.3) is 0 Å². The molecule has 130 valence electrons. The molecule has 1 aliphatic rings. The Bertz CT molecular complexity index is 1160. The van der Waals surface area contributed by atoms with Gasteiger partial charge < -0.3 is 4.42 Å². The van der Waals surface area contributed by atoms with Gasteiger partial charge in [-0.15, -0.1) is 11.3 Å². The minimum absolute atomic E-state index is 0.248. The molecule has 0 fully saturated rings. The number of hydrogen-bond donors (Lipinski definition) is 0. The molecule has 0 radical (unpaired) electrons. The number of benzene rings is 2. The number of allylic oxidation sites excluding steroid dienone is 6. The average Bonchev–Trinajstić information content (AvgIpc) is 3.25. The third-order valence-electron chi connectivity index (χ3n) is 4.81. The first-order valence-corrected chi connectivity index (χ1v) is 9.90. The SMILES string of the molecule is C1=CC=CC(c2sc3ccccc3c2-c2ccc(-c3ccccc3)o2)C=C1. The molecule has 0 unspecified atom stereocenters. The topological polar surface area (TPSA) is 13.1 Å². The molecule has 4 aromatic rings. The monoisotopic (exact) mass is 366 g/mol. The van der Waals surface area contributed by atoms with Crippen LogP contribution in [0.4, 0.5) is 0 Å². The Morgan fingerprint density at radius 3 is 2.19 bits per heavy atom. The van der Waals surface area contributed by atoms with Crippen molar-refractivity contribution < 1.29 is 4.42 Å².